The lowest BCUT2D eigenvalue weighted by atomic mass is 10.1. The third-order valence-corrected chi connectivity index (χ3v) is 6.40. The fraction of sp³-hybridized carbons (Fsp3) is 0.143. The number of aryl methyl sites for hydroxylation is 1. The van der Waals surface area contributed by atoms with E-state index in [0.717, 1.165) is 51.4 Å². The van der Waals surface area contributed by atoms with Gasteiger partial charge in [0.25, 0.3) is 0 Å². The third kappa shape index (κ3) is 3.02. The van der Waals surface area contributed by atoms with Crippen molar-refractivity contribution in [1.82, 2.24) is 9.97 Å². The largest absolute Gasteiger partial charge is 0.464 e. The number of rotatable bonds is 3. The van der Waals surface area contributed by atoms with Gasteiger partial charge in [-0.25, -0.2) is 9.97 Å². The van der Waals surface area contributed by atoms with Crippen LogP contribution in [0.15, 0.2) is 70.3 Å². The number of nitrogens with one attached hydrogen (secondary N) is 2. The van der Waals surface area contributed by atoms with Crippen LogP contribution >= 0.6 is 0 Å². The van der Waals surface area contributed by atoms with Crippen LogP contribution in [0.2, 0.25) is 0 Å². The van der Waals surface area contributed by atoms with E-state index in [1.54, 1.807) is 12.5 Å². The molecule has 0 fully saturated rings. The van der Waals surface area contributed by atoms with Gasteiger partial charge in [-0.15, -0.1) is 0 Å². The highest BCUT2D eigenvalue weighted by Crippen LogP contribution is 2.30. The van der Waals surface area contributed by atoms with Gasteiger partial charge in [0.15, 0.2) is 0 Å². The molecule has 1 aliphatic heterocycles. The standard InChI is InChI=1S/C21H18N4OS/c22-27-12-2-4-14-6-7-16(13-19(14)27)24-21-23-10-8-18(25-21)17-5-1-3-15-9-11-26-20(15)17/h1,3,5-11,13,22H,2,4,12H2,(H,23,24,25). The van der Waals surface area contributed by atoms with Crippen molar-refractivity contribution < 1.29 is 4.42 Å². The molecule has 4 aromatic rings. The number of hydrogen-bond acceptors (Lipinski definition) is 5. The van der Waals surface area contributed by atoms with Crippen molar-refractivity contribution in [2.75, 3.05) is 11.1 Å². The molecule has 6 heteroatoms. The monoisotopic (exact) mass is 374 g/mol. The SMILES string of the molecule is N=S1CCCc2ccc(Nc3nccc(-c4cccc5ccoc45)n3)cc21. The van der Waals surface area contributed by atoms with E-state index in [-0.39, 0.29) is 0 Å². The maximum Gasteiger partial charge on any atom is 0.227 e. The molecule has 5 nitrogen and oxygen atoms in total. The van der Waals surface area contributed by atoms with Crippen molar-refractivity contribution >= 4 is 33.3 Å². The maximum atomic E-state index is 8.30. The number of aromatic nitrogens is 2. The number of anilines is 2. The van der Waals surface area contributed by atoms with Crippen LogP contribution in [0.4, 0.5) is 11.6 Å². The first-order chi connectivity index (χ1) is 13.3. The van der Waals surface area contributed by atoms with Crippen molar-refractivity contribution in [3.8, 4) is 11.3 Å². The Morgan fingerprint density at radius 3 is 3.04 bits per heavy atom. The van der Waals surface area contributed by atoms with Crippen molar-refractivity contribution in [2.24, 2.45) is 0 Å². The summed E-state index contributed by atoms with van der Waals surface area (Å²) < 4.78 is 13.9. The van der Waals surface area contributed by atoms with Crippen molar-refractivity contribution in [3.05, 3.63) is 66.6 Å². The molecular weight excluding hydrogens is 356 g/mol. The Labute approximate surface area is 159 Å². The van der Waals surface area contributed by atoms with E-state index in [4.69, 9.17) is 9.20 Å². The van der Waals surface area contributed by atoms with Crippen molar-refractivity contribution in [3.63, 3.8) is 0 Å². The average Bonchev–Trinajstić information content (AvgIpc) is 3.18. The molecule has 0 spiro atoms. The van der Waals surface area contributed by atoms with Gasteiger partial charge in [0, 0.05) is 33.5 Å². The number of para-hydroxylation sites is 1. The van der Waals surface area contributed by atoms with Gasteiger partial charge in [-0.3, -0.25) is 4.78 Å². The molecule has 0 saturated carbocycles. The first-order valence-corrected chi connectivity index (χ1v) is 10.3. The zero-order chi connectivity index (χ0) is 18.2. The summed E-state index contributed by atoms with van der Waals surface area (Å²) in [4.78, 5) is 10.2. The Kier molecular flexibility index (Phi) is 3.98. The predicted molar refractivity (Wildman–Crippen MR) is 109 cm³/mol. The molecule has 1 aliphatic rings. The van der Waals surface area contributed by atoms with Crippen LogP contribution in [-0.2, 0) is 17.1 Å². The predicted octanol–water partition coefficient (Wildman–Crippen LogP) is 5.32. The second-order valence-corrected chi connectivity index (χ2v) is 8.19. The van der Waals surface area contributed by atoms with E-state index < -0.39 is 10.7 Å². The lowest BCUT2D eigenvalue weighted by molar-refractivity contribution is 0.616. The van der Waals surface area contributed by atoms with Gasteiger partial charge >= 0.3 is 0 Å². The minimum atomic E-state index is -0.422. The van der Waals surface area contributed by atoms with Crippen LogP contribution in [-0.4, -0.2) is 15.7 Å². The lowest BCUT2D eigenvalue weighted by Crippen LogP contribution is -2.09. The second kappa shape index (κ2) is 6.63. The fourth-order valence-electron chi connectivity index (χ4n) is 3.48. The van der Waals surface area contributed by atoms with Crippen LogP contribution in [0, 0.1) is 4.78 Å². The van der Waals surface area contributed by atoms with Gasteiger partial charge in [-0.05, 0) is 48.7 Å². The van der Waals surface area contributed by atoms with Crippen molar-refractivity contribution in [2.45, 2.75) is 17.7 Å². The number of furan rings is 1. The maximum absolute atomic E-state index is 8.30. The molecule has 0 aliphatic carbocycles. The molecule has 27 heavy (non-hydrogen) atoms. The van der Waals surface area contributed by atoms with Crippen LogP contribution in [0.5, 0.6) is 0 Å². The normalized spacial score (nSPS) is 16.2. The van der Waals surface area contributed by atoms with Crippen LogP contribution in [0.25, 0.3) is 22.2 Å². The van der Waals surface area contributed by atoms with E-state index >= 15 is 0 Å². The smallest absolute Gasteiger partial charge is 0.227 e. The van der Waals surface area contributed by atoms with Gasteiger partial charge in [-0.1, -0.05) is 28.9 Å². The van der Waals surface area contributed by atoms with Gasteiger partial charge in [0.2, 0.25) is 5.95 Å². The van der Waals surface area contributed by atoms with E-state index in [1.165, 1.54) is 5.56 Å². The minimum Gasteiger partial charge on any atom is -0.464 e. The molecule has 2 aromatic heterocycles. The first-order valence-electron chi connectivity index (χ1n) is 8.90. The van der Waals surface area contributed by atoms with E-state index in [1.807, 2.05) is 36.4 Å². The van der Waals surface area contributed by atoms with Gasteiger partial charge < -0.3 is 9.73 Å². The lowest BCUT2D eigenvalue weighted by Gasteiger charge is -2.18. The molecule has 0 bridgehead atoms. The highest BCUT2D eigenvalue weighted by molar-refractivity contribution is 7.86. The Morgan fingerprint density at radius 1 is 1.11 bits per heavy atom. The Morgan fingerprint density at radius 2 is 2.07 bits per heavy atom. The minimum absolute atomic E-state index is 0.422. The summed E-state index contributed by atoms with van der Waals surface area (Å²) in [6.07, 6.45) is 5.62. The van der Waals surface area contributed by atoms with Crippen LogP contribution in [0.3, 0.4) is 0 Å². The third-order valence-electron chi connectivity index (χ3n) is 4.79. The Balaban J connectivity index is 1.49. The molecule has 5 rings (SSSR count). The molecule has 3 heterocycles. The molecule has 0 radical (unpaired) electrons. The average molecular weight is 374 g/mol. The summed E-state index contributed by atoms with van der Waals surface area (Å²) >= 11 is 0. The zero-order valence-corrected chi connectivity index (χ0v) is 15.4. The highest BCUT2D eigenvalue weighted by Gasteiger charge is 2.14. The number of hydrogen-bond donors (Lipinski definition) is 2. The topological polar surface area (TPSA) is 74.8 Å². The molecule has 2 aromatic carbocycles. The summed E-state index contributed by atoms with van der Waals surface area (Å²) in [7, 11) is -0.422. The van der Waals surface area contributed by atoms with Crippen molar-refractivity contribution in [1.29, 1.82) is 4.78 Å². The molecule has 0 amide bonds. The van der Waals surface area contributed by atoms with E-state index in [9.17, 15) is 0 Å². The van der Waals surface area contributed by atoms with E-state index in [0.29, 0.717) is 5.95 Å². The fourth-order valence-corrected chi connectivity index (χ4v) is 4.89. The number of nitrogens with zero attached hydrogens (tertiary/aromatic N) is 2. The number of benzene rings is 2. The summed E-state index contributed by atoms with van der Waals surface area (Å²) in [5.74, 6) is 1.49. The second-order valence-electron chi connectivity index (χ2n) is 6.56. The zero-order valence-electron chi connectivity index (χ0n) is 14.6. The molecule has 2 N–H and O–H groups in total. The summed E-state index contributed by atoms with van der Waals surface area (Å²) in [5, 5.41) is 4.35. The summed E-state index contributed by atoms with van der Waals surface area (Å²) in [6, 6.07) is 16.1. The van der Waals surface area contributed by atoms with Crippen LogP contribution < -0.4 is 5.32 Å². The van der Waals surface area contributed by atoms with Gasteiger partial charge in [0.05, 0.1) is 12.0 Å². The quantitative estimate of drug-likeness (QED) is 0.509. The summed E-state index contributed by atoms with van der Waals surface area (Å²) in [6.45, 7) is 0. The molecule has 0 saturated heterocycles. The Bertz CT molecular complexity index is 1170. The van der Waals surface area contributed by atoms with Crippen LogP contribution in [0.1, 0.15) is 12.0 Å². The molecular formula is C21H18N4OS. The number of fused-ring (bicyclic) bond motifs is 2. The van der Waals surface area contributed by atoms with E-state index in [2.05, 4.69) is 27.4 Å². The Hall–Kier alpha value is -2.99. The van der Waals surface area contributed by atoms with Gasteiger partial charge in [-0.2, -0.15) is 0 Å². The molecule has 1 unspecified atom stereocenters. The molecule has 134 valence electrons. The highest BCUT2D eigenvalue weighted by atomic mass is 32.2. The first kappa shape index (κ1) is 16.2. The summed E-state index contributed by atoms with van der Waals surface area (Å²) in [5.41, 5.74) is 4.81. The van der Waals surface area contributed by atoms with Gasteiger partial charge in [0.1, 0.15) is 5.58 Å². The molecule has 1 atom stereocenters.